The zero-order valence-corrected chi connectivity index (χ0v) is 9.99. The van der Waals surface area contributed by atoms with Gasteiger partial charge in [0.25, 0.3) is 0 Å². The van der Waals surface area contributed by atoms with Gasteiger partial charge in [-0.25, -0.2) is 0 Å². The average molecular weight is 203 g/mol. The van der Waals surface area contributed by atoms with Crippen LogP contribution in [-0.2, 0) is 0 Å². The second-order valence-corrected chi connectivity index (χ2v) is 18.6. The molecule has 0 radical (unpaired) electrons. The van der Waals surface area contributed by atoms with E-state index in [4.69, 9.17) is 11.1 Å². The Morgan fingerprint density at radius 3 is 1.45 bits per heavy atom. The first-order chi connectivity index (χ1) is 4.93. The number of rotatable bonds is 4. The van der Waals surface area contributed by atoms with Crippen LogP contribution in [0.2, 0.25) is 13.1 Å². The Balaban J connectivity index is 4.89. The van der Waals surface area contributed by atoms with Gasteiger partial charge in [0.1, 0.15) is 7.59 Å². The summed E-state index contributed by atoms with van der Waals surface area (Å²) in [5.41, 5.74) is 5.88. The Morgan fingerprint density at radius 1 is 1.00 bits per heavy atom. The number of halogens is 1. The maximum atomic E-state index is 6.37. The normalized spacial score (nSPS) is 16.6. The van der Waals surface area contributed by atoms with Gasteiger partial charge in [-0.1, -0.05) is 30.2 Å². The summed E-state index contributed by atoms with van der Waals surface area (Å²) in [6, 6.07) is 0. The molecule has 0 rings (SSSR count). The van der Waals surface area contributed by atoms with Gasteiger partial charge >= 0.3 is 0 Å². The number of hydrogen-bond donors (Lipinski definition) is 0. The van der Waals surface area contributed by atoms with E-state index in [-0.39, 0.29) is 0 Å². The van der Waals surface area contributed by atoms with Crippen molar-refractivity contribution in [3.63, 3.8) is 0 Å². The zero-order valence-electron chi connectivity index (χ0n) is 7.23. The van der Waals surface area contributed by atoms with E-state index in [1.54, 1.807) is 0 Å². The summed E-state index contributed by atoms with van der Waals surface area (Å²) in [6.07, 6.45) is 0. The van der Waals surface area contributed by atoms with Crippen LogP contribution in [0.3, 0.4) is 0 Å². The molecule has 11 heavy (non-hydrogen) atoms. The molecule has 0 N–H and O–H groups in total. The maximum absolute atomic E-state index is 6.37. The maximum Gasteiger partial charge on any atom is 0.174 e. The molecule has 0 amide bonds. The van der Waals surface area contributed by atoms with E-state index >= 15 is 0 Å². The molecule has 0 heterocycles. The van der Waals surface area contributed by atoms with E-state index in [1.165, 1.54) is 0 Å². The van der Waals surface area contributed by atoms with Crippen LogP contribution >= 0.6 is 11.1 Å². The van der Waals surface area contributed by atoms with Crippen molar-refractivity contribution < 1.29 is 0 Å². The van der Waals surface area contributed by atoms with Gasteiger partial charge in [0, 0.05) is 0 Å². The van der Waals surface area contributed by atoms with Crippen LogP contribution in [0.25, 0.3) is 0 Å². The number of hydrogen-bond acceptors (Lipinski definition) is 0. The van der Waals surface area contributed by atoms with Gasteiger partial charge in [0.05, 0.1) is 0 Å². The second kappa shape index (κ2) is 3.56. The van der Waals surface area contributed by atoms with Crippen LogP contribution < -0.4 is 0 Å². The average Bonchev–Trinajstić information content (AvgIpc) is 2.02. The minimum atomic E-state index is -1.79. The van der Waals surface area contributed by atoms with Gasteiger partial charge in [-0.3, -0.25) is 0 Å². The lowest BCUT2D eigenvalue weighted by atomic mass is 11.2. The molecule has 0 saturated carbocycles. The summed E-state index contributed by atoms with van der Waals surface area (Å²) < 4.78 is 0. The topological polar surface area (TPSA) is 0 Å². The van der Waals surface area contributed by atoms with Gasteiger partial charge in [0.15, 0.2) is 6.90 Å². The lowest BCUT2D eigenvalue weighted by Crippen LogP contribution is -2.51. The molecule has 0 fully saturated rings. The molecule has 0 aromatic heterocycles. The van der Waals surface area contributed by atoms with Crippen molar-refractivity contribution in [3.8, 4) is 0 Å². The van der Waals surface area contributed by atoms with Gasteiger partial charge in [-0.15, -0.1) is 19.7 Å². The van der Waals surface area contributed by atoms with Crippen molar-refractivity contribution in [3.05, 3.63) is 36.8 Å². The lowest BCUT2D eigenvalue weighted by Gasteiger charge is -2.30. The molecular weight excluding hydrogens is 188 g/mol. The Hall–Kier alpha value is -0.0562. The summed E-state index contributed by atoms with van der Waals surface area (Å²) in [5, 5.41) is 0. The lowest BCUT2D eigenvalue weighted by molar-refractivity contribution is 1.97. The highest BCUT2D eigenvalue weighted by atomic mass is 35.6. The first kappa shape index (κ1) is 10.9. The van der Waals surface area contributed by atoms with Crippen LogP contribution in [0.1, 0.15) is 0 Å². The third kappa shape index (κ3) is 1.95. The van der Waals surface area contributed by atoms with Crippen LogP contribution in [0.5, 0.6) is 0 Å². The highest BCUT2D eigenvalue weighted by Gasteiger charge is 2.40. The standard InChI is InChI=1S/C8H15ClSi2/c1-6-10(4,7-2)11(5,9)8-3/h6-8H,1-3H2,4-5H3. The van der Waals surface area contributed by atoms with E-state index in [9.17, 15) is 0 Å². The largest absolute Gasteiger partial charge is 0.174 e. The summed E-state index contributed by atoms with van der Waals surface area (Å²) in [6.45, 7) is 13.9. The van der Waals surface area contributed by atoms with Gasteiger partial charge in [0.2, 0.25) is 0 Å². The SMILES string of the molecule is C=C[Si](C)(Cl)[Si](C)(C=C)C=C. The first-order valence-corrected chi connectivity index (χ1v) is 10.8. The monoisotopic (exact) mass is 202 g/mol. The summed E-state index contributed by atoms with van der Waals surface area (Å²) >= 11 is 6.37. The fourth-order valence-corrected chi connectivity index (χ4v) is 7.21. The van der Waals surface area contributed by atoms with Gasteiger partial charge < -0.3 is 0 Å². The highest BCUT2D eigenvalue weighted by Crippen LogP contribution is 2.25. The molecule has 0 bridgehead atoms. The quantitative estimate of drug-likeness (QED) is 0.486. The van der Waals surface area contributed by atoms with E-state index in [0.29, 0.717) is 0 Å². The zero-order chi connectivity index (χ0) is 9.12. The molecule has 0 aliphatic heterocycles. The molecule has 1 atom stereocenters. The van der Waals surface area contributed by atoms with Crippen LogP contribution in [0, 0.1) is 0 Å². The Kier molecular flexibility index (Phi) is 3.54. The highest BCUT2D eigenvalue weighted by molar-refractivity contribution is 7.63. The Morgan fingerprint density at radius 2 is 1.36 bits per heavy atom. The Labute approximate surface area is 75.8 Å². The fourth-order valence-electron chi connectivity index (χ4n) is 0.702. The summed E-state index contributed by atoms with van der Waals surface area (Å²) in [4.78, 5) is 0. The van der Waals surface area contributed by atoms with Gasteiger partial charge in [-0.2, -0.15) is 11.1 Å². The predicted octanol–water partition coefficient (Wildman–Crippen LogP) is 3.13. The van der Waals surface area contributed by atoms with E-state index in [1.807, 2.05) is 17.1 Å². The third-order valence-electron chi connectivity index (χ3n) is 2.28. The molecule has 0 aliphatic rings. The minimum absolute atomic E-state index is 1.61. The molecule has 0 nitrogen and oxygen atoms in total. The van der Waals surface area contributed by atoms with Crippen molar-refractivity contribution in [1.29, 1.82) is 0 Å². The van der Waals surface area contributed by atoms with E-state index in [2.05, 4.69) is 32.8 Å². The molecule has 0 aliphatic carbocycles. The first-order valence-electron chi connectivity index (χ1n) is 3.53. The molecule has 0 saturated heterocycles. The van der Waals surface area contributed by atoms with Crippen molar-refractivity contribution >= 4 is 25.6 Å². The van der Waals surface area contributed by atoms with E-state index in [0.717, 1.165) is 0 Å². The van der Waals surface area contributed by atoms with E-state index < -0.39 is 14.5 Å². The minimum Gasteiger partial charge on any atom is -0.165 e. The molecule has 0 aromatic carbocycles. The smallest absolute Gasteiger partial charge is 0.165 e. The summed E-state index contributed by atoms with van der Waals surface area (Å²) in [7, 11) is -1.61. The fraction of sp³-hybridized carbons (Fsp3) is 0.250. The summed E-state index contributed by atoms with van der Waals surface area (Å²) in [5.74, 6) is 0. The Bertz CT molecular complexity index is 177. The second-order valence-electron chi connectivity index (χ2n) is 2.97. The third-order valence-corrected chi connectivity index (χ3v) is 19.1. The van der Waals surface area contributed by atoms with Crippen molar-refractivity contribution in [1.82, 2.24) is 0 Å². The van der Waals surface area contributed by atoms with Crippen molar-refractivity contribution in [2.45, 2.75) is 13.1 Å². The molecule has 62 valence electrons. The van der Waals surface area contributed by atoms with Crippen LogP contribution in [-0.4, -0.2) is 14.5 Å². The predicted molar refractivity (Wildman–Crippen MR) is 59.7 cm³/mol. The van der Waals surface area contributed by atoms with Crippen LogP contribution in [0.4, 0.5) is 0 Å². The van der Waals surface area contributed by atoms with Gasteiger partial charge in [-0.05, 0) is 0 Å². The van der Waals surface area contributed by atoms with Crippen molar-refractivity contribution in [2.24, 2.45) is 0 Å². The molecule has 3 heteroatoms. The molecule has 0 spiro atoms. The molecular formula is C8H15ClSi2. The molecule has 1 unspecified atom stereocenters. The molecule has 0 aromatic rings. The van der Waals surface area contributed by atoms with Crippen LogP contribution in [0.15, 0.2) is 36.8 Å². The van der Waals surface area contributed by atoms with Crippen molar-refractivity contribution in [2.75, 3.05) is 0 Å².